The molecule has 2 atom stereocenters. The molecule has 1 fully saturated rings. The zero-order valence-electron chi connectivity index (χ0n) is 17.4. The van der Waals surface area contributed by atoms with Gasteiger partial charge in [0.2, 0.25) is 0 Å². The third-order valence-corrected chi connectivity index (χ3v) is 6.50. The smallest absolute Gasteiger partial charge is 0.192 e. The fourth-order valence-electron chi connectivity index (χ4n) is 4.56. The van der Waals surface area contributed by atoms with Crippen LogP contribution in [0.3, 0.4) is 0 Å². The van der Waals surface area contributed by atoms with Gasteiger partial charge in [-0.15, -0.1) is 0 Å². The zero-order chi connectivity index (χ0) is 21.3. The fourth-order valence-corrected chi connectivity index (χ4v) is 4.56. The lowest BCUT2D eigenvalue weighted by molar-refractivity contribution is 0.152. The van der Waals surface area contributed by atoms with Crippen molar-refractivity contribution in [2.75, 3.05) is 7.11 Å². The van der Waals surface area contributed by atoms with Crippen LogP contribution in [0.1, 0.15) is 49.7 Å². The first-order valence-corrected chi connectivity index (χ1v) is 10.6. The molecular formula is C26H27F3O. The van der Waals surface area contributed by atoms with Crippen molar-refractivity contribution in [2.24, 2.45) is 5.92 Å². The molecule has 4 heteroatoms. The average molecular weight is 412 g/mol. The highest BCUT2D eigenvalue weighted by Crippen LogP contribution is 2.38. The largest absolute Gasteiger partial charge is 0.498 e. The van der Waals surface area contributed by atoms with Crippen LogP contribution in [0.2, 0.25) is 0 Å². The predicted octanol–water partition coefficient (Wildman–Crippen LogP) is 7.39. The van der Waals surface area contributed by atoms with Crippen LogP contribution in [-0.4, -0.2) is 19.5 Å². The van der Waals surface area contributed by atoms with Gasteiger partial charge in [-0.1, -0.05) is 62.2 Å². The first-order chi connectivity index (χ1) is 14.5. The fraction of sp³-hybridized carbons (Fsp3) is 0.385. The van der Waals surface area contributed by atoms with Crippen molar-refractivity contribution >= 4 is 5.57 Å². The molecule has 0 bridgehead atoms. The van der Waals surface area contributed by atoms with Gasteiger partial charge in [0.25, 0.3) is 0 Å². The summed E-state index contributed by atoms with van der Waals surface area (Å²) < 4.78 is 48.3. The first-order valence-electron chi connectivity index (χ1n) is 10.6. The summed E-state index contributed by atoms with van der Waals surface area (Å²) in [5, 5.41) is 0. The third-order valence-electron chi connectivity index (χ3n) is 6.50. The van der Waals surface area contributed by atoms with Crippen LogP contribution in [0, 0.1) is 11.7 Å². The standard InChI is InChI=1S/C26H27F3O/c1-16-3-5-18(6-4-16)21-12-11-20(15-23(21)27)17-7-9-19(10-8-17)22-13-14-24(30-2)26(29)25(22)28/h7-16,18,25-26H,3-6H2,1-2H3. The monoisotopic (exact) mass is 412 g/mol. The van der Waals surface area contributed by atoms with Gasteiger partial charge in [0.15, 0.2) is 12.3 Å². The number of allylic oxidation sites excluding steroid dienone is 4. The molecule has 0 heterocycles. The van der Waals surface area contributed by atoms with Crippen LogP contribution >= 0.6 is 0 Å². The number of rotatable bonds is 4. The summed E-state index contributed by atoms with van der Waals surface area (Å²) in [6.45, 7) is 2.26. The van der Waals surface area contributed by atoms with Gasteiger partial charge in [-0.25, -0.2) is 13.2 Å². The Morgan fingerprint density at radius 1 is 0.800 bits per heavy atom. The van der Waals surface area contributed by atoms with Gasteiger partial charge < -0.3 is 4.74 Å². The lowest BCUT2D eigenvalue weighted by Crippen LogP contribution is -2.24. The van der Waals surface area contributed by atoms with Crippen molar-refractivity contribution in [1.29, 1.82) is 0 Å². The van der Waals surface area contributed by atoms with Crippen molar-refractivity contribution in [3.63, 3.8) is 0 Å². The molecule has 0 amide bonds. The van der Waals surface area contributed by atoms with E-state index in [1.165, 1.54) is 13.2 Å². The maximum absolute atomic E-state index is 14.8. The molecule has 4 rings (SSSR count). The van der Waals surface area contributed by atoms with E-state index in [2.05, 4.69) is 6.92 Å². The topological polar surface area (TPSA) is 9.23 Å². The molecule has 30 heavy (non-hydrogen) atoms. The second kappa shape index (κ2) is 8.71. The Bertz CT molecular complexity index is 953. The summed E-state index contributed by atoms with van der Waals surface area (Å²) in [5.74, 6) is 0.865. The minimum absolute atomic E-state index is 0.00846. The second-order valence-electron chi connectivity index (χ2n) is 8.47. The lowest BCUT2D eigenvalue weighted by atomic mass is 9.79. The van der Waals surface area contributed by atoms with Gasteiger partial charge >= 0.3 is 0 Å². The predicted molar refractivity (Wildman–Crippen MR) is 115 cm³/mol. The Balaban J connectivity index is 1.54. The van der Waals surface area contributed by atoms with Crippen molar-refractivity contribution in [2.45, 2.75) is 50.9 Å². The molecule has 0 aromatic heterocycles. The molecule has 0 radical (unpaired) electrons. The zero-order valence-corrected chi connectivity index (χ0v) is 17.4. The van der Waals surface area contributed by atoms with E-state index in [0.717, 1.165) is 48.3 Å². The molecule has 0 saturated heterocycles. The maximum Gasteiger partial charge on any atom is 0.192 e. The molecule has 2 aliphatic rings. The van der Waals surface area contributed by atoms with Crippen molar-refractivity contribution in [3.8, 4) is 11.1 Å². The second-order valence-corrected chi connectivity index (χ2v) is 8.47. The molecule has 1 nitrogen and oxygen atoms in total. The highest BCUT2D eigenvalue weighted by atomic mass is 19.2. The molecule has 1 saturated carbocycles. The van der Waals surface area contributed by atoms with Gasteiger partial charge in [0.1, 0.15) is 11.6 Å². The van der Waals surface area contributed by atoms with E-state index in [9.17, 15) is 13.2 Å². The van der Waals surface area contributed by atoms with Gasteiger partial charge in [-0.2, -0.15) is 0 Å². The summed E-state index contributed by atoms with van der Waals surface area (Å²) >= 11 is 0. The van der Waals surface area contributed by atoms with Gasteiger partial charge in [-0.3, -0.25) is 0 Å². The molecule has 2 aromatic carbocycles. The van der Waals surface area contributed by atoms with E-state index >= 15 is 0 Å². The van der Waals surface area contributed by atoms with E-state index in [1.54, 1.807) is 24.3 Å². The normalized spacial score (nSPS) is 26.7. The summed E-state index contributed by atoms with van der Waals surface area (Å²) in [7, 11) is 1.33. The van der Waals surface area contributed by atoms with E-state index in [1.807, 2.05) is 24.3 Å². The van der Waals surface area contributed by atoms with Crippen LogP contribution in [0.25, 0.3) is 16.7 Å². The van der Waals surface area contributed by atoms with Gasteiger partial charge in [0, 0.05) is 0 Å². The SMILES string of the molecule is COC1=CC=C(c2ccc(-c3ccc(C4CCC(C)CC4)c(F)c3)cc2)C(F)C1F. The maximum atomic E-state index is 14.8. The number of ether oxygens (including phenoxy) is 1. The lowest BCUT2D eigenvalue weighted by Gasteiger charge is -2.27. The number of alkyl halides is 2. The Morgan fingerprint density at radius 3 is 2.07 bits per heavy atom. The highest BCUT2D eigenvalue weighted by molar-refractivity contribution is 5.75. The van der Waals surface area contributed by atoms with E-state index in [0.29, 0.717) is 11.5 Å². The Kier molecular flexibility index (Phi) is 6.03. The average Bonchev–Trinajstić information content (AvgIpc) is 2.76. The number of hydrogen-bond acceptors (Lipinski definition) is 1. The van der Waals surface area contributed by atoms with Crippen molar-refractivity contribution < 1.29 is 17.9 Å². The van der Waals surface area contributed by atoms with Crippen LogP contribution < -0.4 is 0 Å². The highest BCUT2D eigenvalue weighted by Gasteiger charge is 2.32. The summed E-state index contributed by atoms with van der Waals surface area (Å²) in [6.07, 6.45) is 3.82. The van der Waals surface area contributed by atoms with Crippen molar-refractivity contribution in [3.05, 3.63) is 77.3 Å². The molecule has 2 aromatic rings. The molecule has 0 aliphatic heterocycles. The molecule has 0 spiro atoms. The van der Waals surface area contributed by atoms with Crippen LogP contribution in [0.4, 0.5) is 13.2 Å². The van der Waals surface area contributed by atoms with E-state index in [4.69, 9.17) is 4.74 Å². The molecule has 158 valence electrons. The third kappa shape index (κ3) is 4.05. The quantitative estimate of drug-likeness (QED) is 0.509. The molecular weight excluding hydrogens is 385 g/mol. The molecule has 0 N–H and O–H groups in total. The number of methoxy groups -OCH3 is 1. The number of hydrogen-bond donors (Lipinski definition) is 0. The van der Waals surface area contributed by atoms with Crippen LogP contribution in [0.5, 0.6) is 0 Å². The van der Waals surface area contributed by atoms with E-state index in [-0.39, 0.29) is 17.1 Å². The van der Waals surface area contributed by atoms with Gasteiger partial charge in [-0.05, 0) is 64.6 Å². The Hall–Kier alpha value is -2.49. The number of halogens is 3. The number of benzene rings is 2. The van der Waals surface area contributed by atoms with Crippen molar-refractivity contribution in [1.82, 2.24) is 0 Å². The summed E-state index contributed by atoms with van der Waals surface area (Å²) in [6, 6.07) is 12.6. The van der Waals surface area contributed by atoms with Crippen LogP contribution in [0.15, 0.2) is 60.4 Å². The Morgan fingerprint density at radius 2 is 1.43 bits per heavy atom. The summed E-state index contributed by atoms with van der Waals surface area (Å²) in [4.78, 5) is 0. The van der Waals surface area contributed by atoms with Gasteiger partial charge in [0.05, 0.1) is 7.11 Å². The molecule has 2 aliphatic carbocycles. The van der Waals surface area contributed by atoms with Crippen LogP contribution in [-0.2, 0) is 4.74 Å². The first kappa shape index (κ1) is 20.8. The molecule has 2 unspecified atom stereocenters. The summed E-state index contributed by atoms with van der Waals surface area (Å²) in [5.41, 5.74) is 3.32. The Labute approximate surface area is 176 Å². The minimum atomic E-state index is -1.81. The minimum Gasteiger partial charge on any atom is -0.498 e. The van der Waals surface area contributed by atoms with E-state index < -0.39 is 12.3 Å².